The van der Waals surface area contributed by atoms with Crippen molar-refractivity contribution in [3.05, 3.63) is 23.2 Å². The second-order valence-corrected chi connectivity index (χ2v) is 7.65. The van der Waals surface area contributed by atoms with Gasteiger partial charge in [0.2, 0.25) is 0 Å². The lowest BCUT2D eigenvalue weighted by Crippen LogP contribution is -2.37. The van der Waals surface area contributed by atoms with E-state index in [0.717, 1.165) is 0 Å². The van der Waals surface area contributed by atoms with Crippen molar-refractivity contribution in [2.45, 2.75) is 32.6 Å². The van der Waals surface area contributed by atoms with E-state index < -0.39 is 11.4 Å². The third-order valence-corrected chi connectivity index (χ3v) is 5.39. The minimum atomic E-state index is -0.894. The first kappa shape index (κ1) is 17.9. The van der Waals surface area contributed by atoms with Gasteiger partial charge in [-0.2, -0.15) is 0 Å². The van der Waals surface area contributed by atoms with Gasteiger partial charge in [-0.3, -0.25) is 4.79 Å². The summed E-state index contributed by atoms with van der Waals surface area (Å²) in [7, 11) is 0. The van der Waals surface area contributed by atoms with Gasteiger partial charge >= 0.3 is 12.0 Å². The largest absolute Gasteiger partial charge is 0.491 e. The number of aliphatic carboxylic acids is 1. The zero-order valence-electron chi connectivity index (χ0n) is 14.3. The third-order valence-electron chi connectivity index (χ3n) is 5.16. The molecule has 2 amide bonds. The molecule has 1 aliphatic heterocycles. The maximum atomic E-state index is 12.5. The van der Waals surface area contributed by atoms with Crippen LogP contribution >= 0.6 is 11.6 Å². The maximum Gasteiger partial charge on any atom is 0.321 e. The van der Waals surface area contributed by atoms with E-state index in [0.29, 0.717) is 41.9 Å². The zero-order valence-corrected chi connectivity index (χ0v) is 15.0. The minimum Gasteiger partial charge on any atom is -0.491 e. The monoisotopic (exact) mass is 366 g/mol. The summed E-state index contributed by atoms with van der Waals surface area (Å²) in [6.07, 6.45) is 4.04. The lowest BCUT2D eigenvalue weighted by Gasteiger charge is -2.26. The number of carbonyl (C=O) groups is 2. The van der Waals surface area contributed by atoms with Crippen molar-refractivity contribution in [2.75, 3.05) is 25.0 Å². The molecule has 1 saturated carbocycles. The van der Waals surface area contributed by atoms with E-state index in [4.69, 9.17) is 16.3 Å². The van der Waals surface area contributed by atoms with Crippen molar-refractivity contribution in [1.29, 1.82) is 0 Å². The van der Waals surface area contributed by atoms with Crippen LogP contribution < -0.4 is 10.1 Å². The van der Waals surface area contributed by atoms with E-state index in [1.807, 2.05) is 0 Å². The number of anilines is 1. The minimum absolute atomic E-state index is 0.187. The molecule has 0 bridgehead atoms. The first-order chi connectivity index (χ1) is 11.9. The van der Waals surface area contributed by atoms with Crippen molar-refractivity contribution in [3.63, 3.8) is 0 Å². The van der Waals surface area contributed by atoms with Gasteiger partial charge in [-0.1, -0.05) is 18.0 Å². The topological polar surface area (TPSA) is 78.9 Å². The van der Waals surface area contributed by atoms with Gasteiger partial charge in [0.15, 0.2) is 0 Å². The summed E-state index contributed by atoms with van der Waals surface area (Å²) in [5.74, 6) is 0.286. The number of ether oxygens (including phenoxy) is 1. The Balaban J connectivity index is 1.66. The highest BCUT2D eigenvalue weighted by Gasteiger charge is 2.42. The van der Waals surface area contributed by atoms with Crippen LogP contribution in [0.15, 0.2) is 18.2 Å². The number of halogens is 1. The molecular formula is C18H23ClN2O4. The second kappa shape index (κ2) is 7.12. The molecule has 136 valence electrons. The van der Waals surface area contributed by atoms with Crippen LogP contribution in [0.3, 0.4) is 0 Å². The van der Waals surface area contributed by atoms with Crippen molar-refractivity contribution in [3.8, 4) is 5.75 Å². The predicted octanol–water partition coefficient (Wildman–Crippen LogP) is 3.85. The fraction of sp³-hybridized carbons (Fsp3) is 0.556. The molecule has 1 aromatic rings. The summed E-state index contributed by atoms with van der Waals surface area (Å²) in [6, 6.07) is 4.80. The molecule has 1 aliphatic carbocycles. The lowest BCUT2D eigenvalue weighted by atomic mass is 9.86. The molecule has 3 rings (SSSR count). The Morgan fingerprint density at radius 3 is 2.80 bits per heavy atom. The number of benzene rings is 1. The Morgan fingerprint density at radius 2 is 2.20 bits per heavy atom. The number of rotatable bonds is 5. The van der Waals surface area contributed by atoms with Crippen LogP contribution in [0.25, 0.3) is 0 Å². The number of hydrogen-bond acceptors (Lipinski definition) is 3. The highest BCUT2D eigenvalue weighted by atomic mass is 35.5. The van der Waals surface area contributed by atoms with Gasteiger partial charge in [-0.25, -0.2) is 4.79 Å². The molecule has 2 aliphatic rings. The maximum absolute atomic E-state index is 12.5. The number of carbonyl (C=O) groups excluding carboxylic acids is 1. The van der Waals surface area contributed by atoms with Crippen LogP contribution in [-0.4, -0.2) is 41.7 Å². The lowest BCUT2D eigenvalue weighted by molar-refractivity contribution is -0.146. The van der Waals surface area contributed by atoms with Crippen molar-refractivity contribution in [1.82, 2.24) is 4.90 Å². The Bertz CT molecular complexity index is 677. The standard InChI is InChI=1S/C18H23ClN2O4/c1-18(16(22)23)7-8-21(11-18)17(24)20-14-9-13(19)5-6-15(14)25-10-12-3-2-4-12/h5-6,9,12H,2-4,7-8,10-11H2,1H3,(H,20,24)(H,22,23). The fourth-order valence-electron chi connectivity index (χ4n) is 3.10. The molecule has 6 nitrogen and oxygen atoms in total. The molecular weight excluding hydrogens is 344 g/mol. The van der Waals surface area contributed by atoms with Gasteiger partial charge in [-0.15, -0.1) is 0 Å². The molecule has 2 N–H and O–H groups in total. The van der Waals surface area contributed by atoms with E-state index >= 15 is 0 Å². The quantitative estimate of drug-likeness (QED) is 0.829. The van der Waals surface area contributed by atoms with Crippen LogP contribution in [0.2, 0.25) is 5.02 Å². The van der Waals surface area contributed by atoms with Crippen LogP contribution in [0.4, 0.5) is 10.5 Å². The van der Waals surface area contributed by atoms with Gasteiger partial charge in [0.1, 0.15) is 5.75 Å². The molecule has 1 unspecified atom stereocenters. The number of carboxylic acids is 1. The number of likely N-dealkylation sites (tertiary alicyclic amines) is 1. The van der Waals surface area contributed by atoms with E-state index in [9.17, 15) is 14.7 Å². The fourth-order valence-corrected chi connectivity index (χ4v) is 3.27. The van der Waals surface area contributed by atoms with Gasteiger partial charge in [-0.05, 0) is 50.3 Å². The third kappa shape index (κ3) is 4.00. The number of nitrogens with zero attached hydrogens (tertiary/aromatic N) is 1. The molecule has 1 saturated heterocycles. The van der Waals surface area contributed by atoms with Crippen LogP contribution in [0.1, 0.15) is 32.6 Å². The van der Waals surface area contributed by atoms with Gasteiger partial charge < -0.3 is 20.1 Å². The molecule has 2 fully saturated rings. The number of carboxylic acid groups (broad SMARTS) is 1. The van der Waals surface area contributed by atoms with Gasteiger partial charge in [0.05, 0.1) is 17.7 Å². The number of urea groups is 1. The first-order valence-corrected chi connectivity index (χ1v) is 8.97. The Hall–Kier alpha value is -1.95. The van der Waals surface area contributed by atoms with E-state index in [1.54, 1.807) is 25.1 Å². The van der Waals surface area contributed by atoms with Crippen LogP contribution in [-0.2, 0) is 4.79 Å². The molecule has 0 radical (unpaired) electrons. The molecule has 0 spiro atoms. The Kier molecular flexibility index (Phi) is 5.08. The van der Waals surface area contributed by atoms with Crippen molar-refractivity contribution < 1.29 is 19.4 Å². The number of amides is 2. The summed E-state index contributed by atoms with van der Waals surface area (Å²) in [4.78, 5) is 25.4. The average Bonchev–Trinajstić information content (AvgIpc) is 2.92. The van der Waals surface area contributed by atoms with Crippen LogP contribution in [0, 0.1) is 11.3 Å². The summed E-state index contributed by atoms with van der Waals surface area (Å²) in [6.45, 7) is 2.89. The highest BCUT2D eigenvalue weighted by Crippen LogP contribution is 2.33. The number of nitrogens with one attached hydrogen (secondary N) is 1. The van der Waals surface area contributed by atoms with Gasteiger partial charge in [0.25, 0.3) is 0 Å². The second-order valence-electron chi connectivity index (χ2n) is 7.22. The zero-order chi connectivity index (χ0) is 18.0. The normalized spacial score (nSPS) is 23.2. The van der Waals surface area contributed by atoms with E-state index in [1.165, 1.54) is 24.2 Å². The van der Waals surface area contributed by atoms with Crippen molar-refractivity contribution in [2.24, 2.45) is 11.3 Å². The molecule has 0 aromatic heterocycles. The van der Waals surface area contributed by atoms with E-state index in [-0.39, 0.29) is 12.6 Å². The summed E-state index contributed by atoms with van der Waals surface area (Å²) < 4.78 is 5.85. The highest BCUT2D eigenvalue weighted by molar-refractivity contribution is 6.31. The van der Waals surface area contributed by atoms with Crippen molar-refractivity contribution >= 4 is 29.3 Å². The summed E-state index contributed by atoms with van der Waals surface area (Å²) in [5.41, 5.74) is -0.379. The summed E-state index contributed by atoms with van der Waals surface area (Å²) in [5, 5.41) is 12.6. The molecule has 1 atom stereocenters. The molecule has 25 heavy (non-hydrogen) atoms. The summed E-state index contributed by atoms with van der Waals surface area (Å²) >= 11 is 6.05. The number of hydrogen-bond donors (Lipinski definition) is 2. The SMILES string of the molecule is CC1(C(=O)O)CCN(C(=O)Nc2cc(Cl)ccc2OCC2CCC2)C1. The molecule has 7 heteroatoms. The molecule has 1 heterocycles. The molecule has 1 aromatic carbocycles. The van der Waals surface area contributed by atoms with Crippen LogP contribution in [0.5, 0.6) is 5.75 Å². The predicted molar refractivity (Wildman–Crippen MR) is 95.2 cm³/mol. The first-order valence-electron chi connectivity index (χ1n) is 8.59. The Morgan fingerprint density at radius 1 is 1.44 bits per heavy atom. The Labute approximate surface area is 152 Å². The smallest absolute Gasteiger partial charge is 0.321 e. The van der Waals surface area contributed by atoms with E-state index in [2.05, 4.69) is 5.32 Å². The average molecular weight is 367 g/mol. The van der Waals surface area contributed by atoms with Gasteiger partial charge in [0, 0.05) is 18.1 Å².